The molecule has 8 nitrogen and oxygen atoms in total. The summed E-state index contributed by atoms with van der Waals surface area (Å²) in [5.41, 5.74) is 1.90. The minimum Gasteiger partial charge on any atom is -0.340 e. The third kappa shape index (κ3) is 3.75. The van der Waals surface area contributed by atoms with Gasteiger partial charge in [0.25, 0.3) is 5.91 Å². The van der Waals surface area contributed by atoms with Gasteiger partial charge in [-0.2, -0.15) is 10.1 Å². The van der Waals surface area contributed by atoms with Crippen LogP contribution in [0.15, 0.2) is 58.9 Å². The predicted octanol–water partition coefficient (Wildman–Crippen LogP) is 2.22. The SMILES string of the molecule is O=C1C=CC(c2ccc(Nc3ccnc(N4CCNCC4)n3)cc2)N=N1. The second-order valence-electron chi connectivity index (χ2n) is 6.08. The number of benzene rings is 1. The van der Waals surface area contributed by atoms with E-state index in [2.05, 4.69) is 35.7 Å². The lowest BCUT2D eigenvalue weighted by Crippen LogP contribution is -2.44. The molecule has 8 heteroatoms. The second kappa shape index (κ2) is 7.40. The molecule has 2 aliphatic heterocycles. The number of hydrogen-bond acceptors (Lipinski definition) is 7. The second-order valence-corrected chi connectivity index (χ2v) is 6.08. The Kier molecular flexibility index (Phi) is 4.65. The number of piperazine rings is 1. The Hall–Kier alpha value is -3.13. The highest BCUT2D eigenvalue weighted by molar-refractivity contribution is 5.88. The van der Waals surface area contributed by atoms with Gasteiger partial charge in [-0.15, -0.1) is 5.11 Å². The molecule has 4 rings (SSSR count). The molecule has 0 bridgehead atoms. The van der Waals surface area contributed by atoms with Gasteiger partial charge in [-0.05, 0) is 29.8 Å². The first-order valence-corrected chi connectivity index (χ1v) is 8.57. The van der Waals surface area contributed by atoms with Gasteiger partial charge < -0.3 is 15.5 Å². The number of aromatic nitrogens is 2. The van der Waals surface area contributed by atoms with Crippen LogP contribution >= 0.6 is 0 Å². The van der Waals surface area contributed by atoms with E-state index >= 15 is 0 Å². The lowest BCUT2D eigenvalue weighted by atomic mass is 10.1. The maximum Gasteiger partial charge on any atom is 0.287 e. The zero-order chi connectivity index (χ0) is 17.8. The molecule has 0 saturated carbocycles. The Morgan fingerprint density at radius 3 is 2.65 bits per heavy atom. The molecule has 1 fully saturated rings. The molecular formula is C18H19N7O. The van der Waals surface area contributed by atoms with Gasteiger partial charge in [-0.1, -0.05) is 12.1 Å². The first-order valence-electron chi connectivity index (χ1n) is 8.57. The number of carbonyl (C=O) groups excluding carboxylic acids is 1. The molecule has 1 amide bonds. The van der Waals surface area contributed by atoms with Gasteiger partial charge in [0.1, 0.15) is 11.9 Å². The fourth-order valence-corrected chi connectivity index (χ4v) is 2.89. The Balaban J connectivity index is 1.45. The van der Waals surface area contributed by atoms with E-state index in [1.165, 1.54) is 6.08 Å². The van der Waals surface area contributed by atoms with Crippen molar-refractivity contribution in [2.45, 2.75) is 6.04 Å². The van der Waals surface area contributed by atoms with Gasteiger partial charge in [-0.25, -0.2) is 4.98 Å². The lowest BCUT2D eigenvalue weighted by molar-refractivity contribution is -0.114. The minimum absolute atomic E-state index is 0.208. The van der Waals surface area contributed by atoms with Crippen molar-refractivity contribution in [3.63, 3.8) is 0 Å². The molecule has 2 aliphatic rings. The van der Waals surface area contributed by atoms with Crippen molar-refractivity contribution in [3.05, 3.63) is 54.2 Å². The first-order chi connectivity index (χ1) is 12.8. The summed E-state index contributed by atoms with van der Waals surface area (Å²) in [7, 11) is 0. The molecule has 1 atom stereocenters. The predicted molar refractivity (Wildman–Crippen MR) is 98.6 cm³/mol. The van der Waals surface area contributed by atoms with Crippen molar-refractivity contribution in [2.75, 3.05) is 36.4 Å². The van der Waals surface area contributed by atoms with Gasteiger partial charge in [0, 0.05) is 44.1 Å². The Labute approximate surface area is 151 Å². The summed E-state index contributed by atoms with van der Waals surface area (Å²) in [4.78, 5) is 22.2. The molecule has 132 valence electrons. The maximum absolute atomic E-state index is 11.1. The van der Waals surface area contributed by atoms with Crippen LogP contribution in [0.2, 0.25) is 0 Å². The van der Waals surface area contributed by atoms with E-state index in [1.54, 1.807) is 12.3 Å². The van der Waals surface area contributed by atoms with Crippen LogP contribution in [0.25, 0.3) is 0 Å². The number of carbonyl (C=O) groups is 1. The molecule has 0 spiro atoms. The summed E-state index contributed by atoms with van der Waals surface area (Å²) < 4.78 is 0. The fraction of sp³-hybridized carbons (Fsp3) is 0.278. The molecule has 3 heterocycles. The van der Waals surface area contributed by atoms with E-state index in [9.17, 15) is 4.79 Å². The van der Waals surface area contributed by atoms with Crippen molar-refractivity contribution < 1.29 is 4.79 Å². The van der Waals surface area contributed by atoms with Crippen LogP contribution in [0, 0.1) is 0 Å². The van der Waals surface area contributed by atoms with Gasteiger partial charge in [0.05, 0.1) is 0 Å². The number of rotatable bonds is 4. The number of nitrogens with zero attached hydrogens (tertiary/aromatic N) is 5. The first kappa shape index (κ1) is 16.3. The topological polar surface area (TPSA) is 94.9 Å². The molecule has 26 heavy (non-hydrogen) atoms. The normalized spacial score (nSPS) is 19.6. The summed E-state index contributed by atoms with van der Waals surface area (Å²) in [6.45, 7) is 3.70. The molecule has 1 unspecified atom stereocenters. The number of hydrogen-bond donors (Lipinski definition) is 2. The van der Waals surface area contributed by atoms with Gasteiger partial charge in [-0.3, -0.25) is 4.79 Å². The van der Waals surface area contributed by atoms with E-state index in [0.29, 0.717) is 0 Å². The summed E-state index contributed by atoms with van der Waals surface area (Å²) in [6.07, 6.45) is 4.97. The van der Waals surface area contributed by atoms with Crippen molar-refractivity contribution in [3.8, 4) is 0 Å². The summed E-state index contributed by atoms with van der Waals surface area (Å²) in [5.74, 6) is 1.18. The van der Waals surface area contributed by atoms with Crippen molar-refractivity contribution in [1.82, 2.24) is 15.3 Å². The highest BCUT2D eigenvalue weighted by Crippen LogP contribution is 2.25. The largest absolute Gasteiger partial charge is 0.340 e. The standard InChI is InChI=1S/C18H19N7O/c26-17-6-5-15(23-24-17)13-1-3-14(4-2-13)21-16-7-8-20-18(22-16)25-11-9-19-10-12-25/h1-8,15,19H,9-12H2,(H,20,21,22). The lowest BCUT2D eigenvalue weighted by Gasteiger charge is -2.27. The number of azo groups is 1. The van der Waals surface area contributed by atoms with Gasteiger partial charge in [0.15, 0.2) is 0 Å². The number of anilines is 3. The van der Waals surface area contributed by atoms with Crippen LogP contribution in [0.3, 0.4) is 0 Å². The van der Waals surface area contributed by atoms with Crippen molar-refractivity contribution >= 4 is 23.4 Å². The molecule has 0 radical (unpaired) electrons. The van der Waals surface area contributed by atoms with Crippen LogP contribution in [0.5, 0.6) is 0 Å². The number of amides is 1. The van der Waals surface area contributed by atoms with Crippen molar-refractivity contribution in [2.24, 2.45) is 10.2 Å². The highest BCUT2D eigenvalue weighted by atomic mass is 16.1. The Bertz CT molecular complexity index is 825. The van der Waals surface area contributed by atoms with Gasteiger partial charge in [0.2, 0.25) is 5.95 Å². The molecular weight excluding hydrogens is 330 g/mol. The van der Waals surface area contributed by atoms with E-state index in [-0.39, 0.29) is 11.9 Å². The van der Waals surface area contributed by atoms with E-state index in [1.807, 2.05) is 30.3 Å². The van der Waals surface area contributed by atoms with Gasteiger partial charge >= 0.3 is 0 Å². The van der Waals surface area contributed by atoms with Crippen LogP contribution in [-0.2, 0) is 4.79 Å². The third-order valence-corrected chi connectivity index (χ3v) is 4.27. The minimum atomic E-state index is -0.316. The van der Waals surface area contributed by atoms with E-state index < -0.39 is 0 Å². The molecule has 1 aromatic heterocycles. The molecule has 1 saturated heterocycles. The molecule has 0 aliphatic carbocycles. The average Bonchev–Trinajstić information content (AvgIpc) is 2.70. The van der Waals surface area contributed by atoms with Crippen molar-refractivity contribution in [1.29, 1.82) is 0 Å². The van der Waals surface area contributed by atoms with Crippen LogP contribution in [0.4, 0.5) is 17.5 Å². The molecule has 1 aromatic carbocycles. The Morgan fingerprint density at radius 1 is 1.12 bits per heavy atom. The van der Waals surface area contributed by atoms with E-state index in [4.69, 9.17) is 0 Å². The summed E-state index contributed by atoms with van der Waals surface area (Å²) in [6, 6.07) is 9.49. The molecule has 2 N–H and O–H groups in total. The smallest absolute Gasteiger partial charge is 0.287 e. The third-order valence-electron chi connectivity index (χ3n) is 4.27. The molecule has 2 aromatic rings. The maximum atomic E-state index is 11.1. The highest BCUT2D eigenvalue weighted by Gasteiger charge is 2.14. The van der Waals surface area contributed by atoms with E-state index in [0.717, 1.165) is 49.2 Å². The summed E-state index contributed by atoms with van der Waals surface area (Å²) >= 11 is 0. The summed E-state index contributed by atoms with van der Waals surface area (Å²) in [5, 5.41) is 14.2. The zero-order valence-electron chi connectivity index (χ0n) is 14.2. The number of nitrogens with one attached hydrogen (secondary N) is 2. The fourth-order valence-electron chi connectivity index (χ4n) is 2.89. The van der Waals surface area contributed by atoms with Crippen LogP contribution in [0.1, 0.15) is 11.6 Å². The zero-order valence-corrected chi connectivity index (χ0v) is 14.2. The van der Waals surface area contributed by atoms with Crippen LogP contribution in [-0.4, -0.2) is 42.1 Å². The Morgan fingerprint density at radius 2 is 1.92 bits per heavy atom. The monoisotopic (exact) mass is 349 g/mol. The van der Waals surface area contributed by atoms with Crippen LogP contribution < -0.4 is 15.5 Å². The quantitative estimate of drug-likeness (QED) is 0.879. The average molecular weight is 349 g/mol.